The highest BCUT2D eigenvalue weighted by Gasteiger charge is 2.22. The standard InChI is InChI=1S/C23H17Cl2N3O2S/c1-13-21(14(2)29)22(15-3-5-16(24)6-4-15)19(11-26)23(27-13)31-12-20(30)28-18-9-7-17(25)8-10-18/h3-10H,12H2,1-2H3,(H,28,30). The molecule has 156 valence electrons. The minimum atomic E-state index is -0.251. The molecular formula is C23H17Cl2N3O2S. The largest absolute Gasteiger partial charge is 0.325 e. The second-order valence-electron chi connectivity index (χ2n) is 6.65. The van der Waals surface area contributed by atoms with Gasteiger partial charge in [-0.3, -0.25) is 9.59 Å². The maximum Gasteiger partial charge on any atom is 0.234 e. The van der Waals surface area contributed by atoms with Gasteiger partial charge in [-0.05, 0) is 55.8 Å². The van der Waals surface area contributed by atoms with Crippen molar-refractivity contribution in [1.29, 1.82) is 5.26 Å². The van der Waals surface area contributed by atoms with Crippen LogP contribution in [0.1, 0.15) is 28.5 Å². The van der Waals surface area contributed by atoms with Crippen molar-refractivity contribution in [2.45, 2.75) is 18.9 Å². The molecule has 1 heterocycles. The number of carbonyl (C=O) groups excluding carboxylic acids is 2. The van der Waals surface area contributed by atoms with E-state index in [1.54, 1.807) is 55.5 Å². The van der Waals surface area contributed by atoms with E-state index in [0.717, 1.165) is 11.8 Å². The molecule has 0 aliphatic heterocycles. The fourth-order valence-electron chi connectivity index (χ4n) is 3.09. The molecule has 8 heteroatoms. The third kappa shape index (κ3) is 5.45. The summed E-state index contributed by atoms with van der Waals surface area (Å²) in [6.07, 6.45) is 0. The number of thioether (sulfide) groups is 1. The summed E-state index contributed by atoms with van der Waals surface area (Å²) in [4.78, 5) is 29.2. The van der Waals surface area contributed by atoms with Crippen LogP contribution in [0.15, 0.2) is 53.6 Å². The Kier molecular flexibility index (Phi) is 7.34. The van der Waals surface area contributed by atoms with Gasteiger partial charge in [0.15, 0.2) is 5.78 Å². The minimum absolute atomic E-state index is 0.0449. The zero-order valence-corrected chi connectivity index (χ0v) is 19.0. The fourth-order valence-corrected chi connectivity index (χ4v) is 4.17. The van der Waals surface area contributed by atoms with Crippen LogP contribution in [0.5, 0.6) is 0 Å². The van der Waals surface area contributed by atoms with E-state index in [0.29, 0.717) is 43.1 Å². The van der Waals surface area contributed by atoms with E-state index in [1.165, 1.54) is 6.92 Å². The first-order chi connectivity index (χ1) is 14.8. The lowest BCUT2D eigenvalue weighted by molar-refractivity contribution is -0.113. The summed E-state index contributed by atoms with van der Waals surface area (Å²) >= 11 is 13.0. The van der Waals surface area contributed by atoms with Crippen LogP contribution in [0.3, 0.4) is 0 Å². The number of anilines is 1. The van der Waals surface area contributed by atoms with Gasteiger partial charge in [-0.25, -0.2) is 4.98 Å². The van der Waals surface area contributed by atoms with Gasteiger partial charge in [0.25, 0.3) is 0 Å². The quantitative estimate of drug-likeness (QED) is 0.344. The number of halogens is 2. The molecule has 0 aliphatic rings. The lowest BCUT2D eigenvalue weighted by atomic mass is 9.93. The summed E-state index contributed by atoms with van der Waals surface area (Å²) in [6.45, 7) is 3.16. The van der Waals surface area contributed by atoms with E-state index >= 15 is 0 Å². The van der Waals surface area contributed by atoms with Crippen molar-refractivity contribution in [1.82, 2.24) is 4.98 Å². The Bertz CT molecular complexity index is 1190. The molecule has 5 nitrogen and oxygen atoms in total. The molecule has 31 heavy (non-hydrogen) atoms. The van der Waals surface area contributed by atoms with E-state index in [9.17, 15) is 14.9 Å². The minimum Gasteiger partial charge on any atom is -0.325 e. The van der Waals surface area contributed by atoms with Gasteiger partial charge >= 0.3 is 0 Å². The second kappa shape index (κ2) is 9.97. The Labute approximate surface area is 194 Å². The van der Waals surface area contributed by atoms with Gasteiger partial charge in [-0.1, -0.05) is 47.1 Å². The van der Waals surface area contributed by atoms with E-state index in [-0.39, 0.29) is 23.0 Å². The number of Topliss-reactive ketones (excluding diaryl/α,β-unsaturated/α-hetero) is 1. The summed E-state index contributed by atoms with van der Waals surface area (Å²) in [5.74, 6) is -0.397. The molecule has 0 spiro atoms. The number of nitrogens with zero attached hydrogens (tertiary/aromatic N) is 2. The summed E-state index contributed by atoms with van der Waals surface area (Å²) in [7, 11) is 0. The van der Waals surface area contributed by atoms with Crippen molar-refractivity contribution >= 4 is 52.3 Å². The maximum atomic E-state index is 12.4. The SMILES string of the molecule is CC(=O)c1c(C)nc(SCC(=O)Nc2ccc(Cl)cc2)c(C#N)c1-c1ccc(Cl)cc1. The van der Waals surface area contributed by atoms with Crippen molar-refractivity contribution < 1.29 is 9.59 Å². The Morgan fingerprint density at radius 2 is 1.65 bits per heavy atom. The van der Waals surface area contributed by atoms with Gasteiger partial charge < -0.3 is 5.32 Å². The zero-order valence-electron chi connectivity index (χ0n) is 16.7. The van der Waals surface area contributed by atoms with Crippen LogP contribution in [-0.2, 0) is 4.79 Å². The van der Waals surface area contributed by atoms with Gasteiger partial charge in [0.05, 0.1) is 17.0 Å². The Balaban J connectivity index is 1.94. The van der Waals surface area contributed by atoms with E-state index in [2.05, 4.69) is 16.4 Å². The highest BCUT2D eigenvalue weighted by Crippen LogP contribution is 2.35. The van der Waals surface area contributed by atoms with Gasteiger partial charge in [0.1, 0.15) is 11.1 Å². The molecule has 3 rings (SSSR count). The number of benzene rings is 2. The molecule has 0 bridgehead atoms. The Hall–Kier alpha value is -2.85. The van der Waals surface area contributed by atoms with Crippen LogP contribution in [-0.4, -0.2) is 22.4 Å². The summed E-state index contributed by atoms with van der Waals surface area (Å²) in [5.41, 5.74) is 2.94. The van der Waals surface area contributed by atoms with Crippen molar-refractivity contribution in [3.63, 3.8) is 0 Å². The Morgan fingerprint density at radius 1 is 1.06 bits per heavy atom. The van der Waals surface area contributed by atoms with Crippen molar-refractivity contribution in [3.8, 4) is 17.2 Å². The number of pyridine rings is 1. The molecule has 0 saturated carbocycles. The topological polar surface area (TPSA) is 82.8 Å². The molecule has 1 N–H and O–H groups in total. The third-order valence-corrected chi connectivity index (χ3v) is 5.89. The lowest BCUT2D eigenvalue weighted by Gasteiger charge is -2.15. The summed E-state index contributed by atoms with van der Waals surface area (Å²) in [6, 6.07) is 15.8. The number of amides is 1. The lowest BCUT2D eigenvalue weighted by Crippen LogP contribution is -2.14. The van der Waals surface area contributed by atoms with Crippen LogP contribution in [0.4, 0.5) is 5.69 Å². The number of nitriles is 1. The van der Waals surface area contributed by atoms with Crippen LogP contribution >= 0.6 is 35.0 Å². The number of rotatable bonds is 6. The smallest absolute Gasteiger partial charge is 0.234 e. The van der Waals surface area contributed by atoms with Crippen LogP contribution < -0.4 is 5.32 Å². The van der Waals surface area contributed by atoms with E-state index < -0.39 is 0 Å². The number of hydrogen-bond donors (Lipinski definition) is 1. The normalized spacial score (nSPS) is 10.4. The average molecular weight is 470 g/mol. The van der Waals surface area contributed by atoms with Crippen molar-refractivity contribution in [2.75, 3.05) is 11.1 Å². The fraction of sp³-hybridized carbons (Fsp3) is 0.130. The molecule has 0 aliphatic carbocycles. The highest BCUT2D eigenvalue weighted by atomic mass is 35.5. The molecule has 1 amide bonds. The first kappa shape index (κ1) is 22.8. The third-order valence-electron chi connectivity index (χ3n) is 4.41. The van der Waals surface area contributed by atoms with Gasteiger partial charge in [-0.15, -0.1) is 0 Å². The first-order valence-corrected chi connectivity index (χ1v) is 10.9. The molecule has 0 radical (unpaired) electrons. The van der Waals surface area contributed by atoms with Crippen molar-refractivity contribution in [2.24, 2.45) is 0 Å². The molecule has 2 aromatic carbocycles. The molecular weight excluding hydrogens is 453 g/mol. The molecule has 3 aromatic rings. The van der Waals surface area contributed by atoms with E-state index in [1.807, 2.05) is 0 Å². The molecule has 0 saturated heterocycles. The molecule has 1 aromatic heterocycles. The maximum absolute atomic E-state index is 12.4. The predicted octanol–water partition coefficient (Wildman–Crippen LogP) is 6.17. The molecule has 0 atom stereocenters. The number of carbonyl (C=O) groups is 2. The van der Waals surface area contributed by atoms with Crippen LogP contribution in [0.2, 0.25) is 10.0 Å². The molecule has 0 unspecified atom stereocenters. The average Bonchev–Trinajstić information content (AvgIpc) is 2.73. The van der Waals surface area contributed by atoms with Crippen LogP contribution in [0, 0.1) is 18.3 Å². The first-order valence-electron chi connectivity index (χ1n) is 9.20. The number of aromatic nitrogens is 1. The highest BCUT2D eigenvalue weighted by molar-refractivity contribution is 8.00. The number of ketones is 1. The van der Waals surface area contributed by atoms with Gasteiger partial charge in [0, 0.05) is 26.9 Å². The number of aryl methyl sites for hydroxylation is 1. The second-order valence-corrected chi connectivity index (χ2v) is 8.48. The summed E-state index contributed by atoms with van der Waals surface area (Å²) < 4.78 is 0. The van der Waals surface area contributed by atoms with E-state index in [4.69, 9.17) is 23.2 Å². The number of hydrogen-bond acceptors (Lipinski definition) is 5. The number of nitrogens with one attached hydrogen (secondary N) is 1. The van der Waals surface area contributed by atoms with Crippen molar-refractivity contribution in [3.05, 3.63) is 75.4 Å². The zero-order chi connectivity index (χ0) is 22.5. The summed E-state index contributed by atoms with van der Waals surface area (Å²) in [5, 5.41) is 14.2. The van der Waals surface area contributed by atoms with Crippen LogP contribution in [0.25, 0.3) is 11.1 Å². The monoisotopic (exact) mass is 469 g/mol. The van der Waals surface area contributed by atoms with Gasteiger partial charge in [-0.2, -0.15) is 5.26 Å². The predicted molar refractivity (Wildman–Crippen MR) is 125 cm³/mol. The Morgan fingerprint density at radius 3 is 2.19 bits per heavy atom. The molecule has 0 fully saturated rings. The van der Waals surface area contributed by atoms with Gasteiger partial charge in [0.2, 0.25) is 5.91 Å².